The van der Waals surface area contributed by atoms with Crippen molar-refractivity contribution in [3.05, 3.63) is 62.2 Å². The van der Waals surface area contributed by atoms with Crippen LogP contribution in [0.15, 0.2) is 42.5 Å². The molecule has 2 N–H and O–H groups in total. The van der Waals surface area contributed by atoms with Gasteiger partial charge in [-0.1, -0.05) is 23.7 Å². The minimum Gasteiger partial charge on any atom is -0.396 e. The van der Waals surface area contributed by atoms with Gasteiger partial charge in [0.2, 0.25) is 0 Å². The average Bonchev–Trinajstić information content (AvgIpc) is 2.70. The molecule has 0 aliphatic carbocycles. The molecule has 1 heterocycles. The van der Waals surface area contributed by atoms with Crippen LogP contribution in [-0.4, -0.2) is 41.0 Å². The summed E-state index contributed by atoms with van der Waals surface area (Å²) < 4.78 is 0.910. The third kappa shape index (κ3) is 4.85. The molecule has 28 heavy (non-hydrogen) atoms. The van der Waals surface area contributed by atoms with Crippen LogP contribution in [0.1, 0.15) is 46.4 Å². The number of aliphatic hydroxyl groups is 1. The number of hydrogen-bond acceptors (Lipinski definition) is 3. The fourth-order valence-electron chi connectivity index (χ4n) is 3.51. The van der Waals surface area contributed by atoms with Crippen LogP contribution < -0.4 is 5.32 Å². The third-order valence-corrected chi connectivity index (χ3v) is 5.93. The Morgan fingerprint density at radius 1 is 1.18 bits per heavy atom. The Balaban J connectivity index is 1.89. The van der Waals surface area contributed by atoms with E-state index in [2.05, 4.69) is 27.9 Å². The third-order valence-electron chi connectivity index (χ3n) is 4.93. The molecule has 148 valence electrons. The number of piperidine rings is 1. The van der Waals surface area contributed by atoms with Crippen molar-refractivity contribution in [2.24, 2.45) is 0 Å². The lowest BCUT2D eigenvalue weighted by atomic mass is 9.98. The smallest absolute Gasteiger partial charge is 0.257 e. The maximum atomic E-state index is 13.3. The Morgan fingerprint density at radius 2 is 1.96 bits per heavy atom. The highest BCUT2D eigenvalue weighted by atomic mass is 127. The van der Waals surface area contributed by atoms with Crippen LogP contribution in [-0.2, 0) is 0 Å². The Kier molecular flexibility index (Phi) is 7.31. The average molecular weight is 513 g/mol. The largest absolute Gasteiger partial charge is 0.396 e. The first-order chi connectivity index (χ1) is 13.5. The van der Waals surface area contributed by atoms with Gasteiger partial charge in [-0.25, -0.2) is 0 Å². The van der Waals surface area contributed by atoms with E-state index in [1.807, 2.05) is 11.0 Å². The zero-order valence-corrected chi connectivity index (χ0v) is 18.2. The minimum absolute atomic E-state index is 0.0243. The fourth-order valence-corrected chi connectivity index (χ4v) is 4.22. The lowest BCUT2D eigenvalue weighted by Gasteiger charge is -2.36. The summed E-state index contributed by atoms with van der Waals surface area (Å²) in [5, 5.41) is 12.5. The normalized spacial score (nSPS) is 16.7. The number of anilines is 1. The number of rotatable bonds is 5. The van der Waals surface area contributed by atoms with E-state index in [4.69, 9.17) is 11.6 Å². The SMILES string of the molecule is O=C(Nc1ccc(I)cc1C(=O)N1CCCC[C@H]1CCO)c1ccccc1Cl. The molecular weight excluding hydrogens is 491 g/mol. The monoisotopic (exact) mass is 512 g/mol. The van der Waals surface area contributed by atoms with Crippen molar-refractivity contribution >= 4 is 51.7 Å². The first kappa shape index (κ1) is 21.1. The van der Waals surface area contributed by atoms with Gasteiger partial charge in [-0.2, -0.15) is 0 Å². The molecule has 3 rings (SSSR count). The van der Waals surface area contributed by atoms with E-state index in [-0.39, 0.29) is 24.5 Å². The highest BCUT2D eigenvalue weighted by Gasteiger charge is 2.29. The molecule has 0 spiro atoms. The van der Waals surface area contributed by atoms with Crippen LogP contribution in [0.25, 0.3) is 0 Å². The number of aliphatic hydroxyl groups excluding tert-OH is 1. The molecule has 7 heteroatoms. The molecular formula is C21H22ClIN2O3. The van der Waals surface area contributed by atoms with Gasteiger partial charge in [0.05, 0.1) is 21.8 Å². The number of benzene rings is 2. The predicted octanol–water partition coefficient (Wildman–Crippen LogP) is 4.57. The Morgan fingerprint density at radius 3 is 2.71 bits per heavy atom. The topological polar surface area (TPSA) is 69.6 Å². The number of likely N-dealkylation sites (tertiary alicyclic amines) is 1. The Hall–Kier alpha value is -1.64. The zero-order chi connectivity index (χ0) is 20.1. The van der Waals surface area contributed by atoms with Crippen molar-refractivity contribution in [2.45, 2.75) is 31.7 Å². The van der Waals surface area contributed by atoms with Gasteiger partial charge in [-0.15, -0.1) is 0 Å². The fraction of sp³-hybridized carbons (Fsp3) is 0.333. The standard InChI is InChI=1S/C21H22ClIN2O3/c22-18-7-2-1-6-16(18)20(27)24-19-9-8-14(23)13-17(19)21(28)25-11-4-3-5-15(25)10-12-26/h1-2,6-9,13,15,26H,3-5,10-12H2,(H,24,27)/t15-/m0/s1. The number of carbonyl (C=O) groups excluding carboxylic acids is 2. The van der Waals surface area contributed by atoms with Crippen LogP contribution in [0, 0.1) is 3.57 Å². The van der Waals surface area contributed by atoms with Crippen molar-refractivity contribution in [1.82, 2.24) is 4.90 Å². The van der Waals surface area contributed by atoms with Gasteiger partial charge >= 0.3 is 0 Å². The summed E-state index contributed by atoms with van der Waals surface area (Å²) in [4.78, 5) is 27.8. The molecule has 5 nitrogen and oxygen atoms in total. The zero-order valence-electron chi connectivity index (χ0n) is 15.3. The number of nitrogens with one attached hydrogen (secondary N) is 1. The van der Waals surface area contributed by atoms with Crippen LogP contribution >= 0.6 is 34.2 Å². The lowest BCUT2D eigenvalue weighted by Crippen LogP contribution is -2.44. The van der Waals surface area contributed by atoms with E-state index in [1.165, 1.54) is 0 Å². The molecule has 0 bridgehead atoms. The molecule has 0 saturated carbocycles. The molecule has 2 aromatic carbocycles. The molecule has 0 unspecified atom stereocenters. The van der Waals surface area contributed by atoms with Gasteiger partial charge in [-0.3, -0.25) is 9.59 Å². The van der Waals surface area contributed by atoms with Gasteiger partial charge in [0.25, 0.3) is 11.8 Å². The maximum Gasteiger partial charge on any atom is 0.257 e. The van der Waals surface area contributed by atoms with Crippen molar-refractivity contribution in [1.29, 1.82) is 0 Å². The second kappa shape index (κ2) is 9.71. The van der Waals surface area contributed by atoms with Gasteiger partial charge in [0.15, 0.2) is 0 Å². The van der Waals surface area contributed by atoms with Crippen LogP contribution in [0.4, 0.5) is 5.69 Å². The summed E-state index contributed by atoms with van der Waals surface area (Å²) in [5.74, 6) is -0.475. The van der Waals surface area contributed by atoms with E-state index < -0.39 is 0 Å². The summed E-state index contributed by atoms with van der Waals surface area (Å²) in [6.45, 7) is 0.712. The van der Waals surface area contributed by atoms with Gasteiger partial charge < -0.3 is 15.3 Å². The van der Waals surface area contributed by atoms with Crippen molar-refractivity contribution in [3.8, 4) is 0 Å². The molecule has 1 aliphatic heterocycles. The first-order valence-corrected chi connectivity index (χ1v) is 10.7. The second-order valence-electron chi connectivity index (χ2n) is 6.78. The van der Waals surface area contributed by atoms with Gasteiger partial charge in [0.1, 0.15) is 0 Å². The van der Waals surface area contributed by atoms with E-state index >= 15 is 0 Å². The van der Waals surface area contributed by atoms with Crippen LogP contribution in [0.2, 0.25) is 5.02 Å². The quantitative estimate of drug-likeness (QED) is 0.577. The molecule has 1 aliphatic rings. The van der Waals surface area contributed by atoms with E-state index in [1.54, 1.807) is 36.4 Å². The van der Waals surface area contributed by atoms with Gasteiger partial charge in [-0.05, 0) is 78.6 Å². The number of halogens is 2. The Bertz CT molecular complexity index is 872. The summed E-state index contributed by atoms with van der Waals surface area (Å²) in [6.07, 6.45) is 3.45. The van der Waals surface area contributed by atoms with E-state index in [0.717, 1.165) is 22.8 Å². The highest BCUT2D eigenvalue weighted by molar-refractivity contribution is 14.1. The molecule has 1 atom stereocenters. The highest BCUT2D eigenvalue weighted by Crippen LogP contribution is 2.27. The molecule has 2 amide bonds. The molecule has 1 fully saturated rings. The maximum absolute atomic E-state index is 13.3. The number of carbonyl (C=O) groups is 2. The van der Waals surface area contributed by atoms with E-state index in [9.17, 15) is 14.7 Å². The summed E-state index contributed by atoms with van der Waals surface area (Å²) >= 11 is 8.28. The van der Waals surface area contributed by atoms with Crippen LogP contribution in [0.3, 0.4) is 0 Å². The molecule has 1 saturated heterocycles. The first-order valence-electron chi connectivity index (χ1n) is 9.28. The number of nitrogens with zero attached hydrogens (tertiary/aromatic N) is 1. The summed E-state index contributed by atoms with van der Waals surface area (Å²) in [6, 6.07) is 12.2. The number of amides is 2. The van der Waals surface area contributed by atoms with Gasteiger partial charge in [0, 0.05) is 22.8 Å². The minimum atomic E-state index is -0.355. The molecule has 2 aromatic rings. The summed E-state index contributed by atoms with van der Waals surface area (Å²) in [7, 11) is 0. The lowest BCUT2D eigenvalue weighted by molar-refractivity contribution is 0.0575. The Labute approximate surface area is 183 Å². The molecule has 0 radical (unpaired) electrons. The van der Waals surface area contributed by atoms with E-state index in [0.29, 0.717) is 34.8 Å². The number of hydrogen-bond donors (Lipinski definition) is 2. The second-order valence-corrected chi connectivity index (χ2v) is 8.44. The predicted molar refractivity (Wildman–Crippen MR) is 119 cm³/mol. The van der Waals surface area contributed by atoms with Crippen molar-refractivity contribution in [3.63, 3.8) is 0 Å². The van der Waals surface area contributed by atoms with Crippen LogP contribution in [0.5, 0.6) is 0 Å². The summed E-state index contributed by atoms with van der Waals surface area (Å²) in [5.41, 5.74) is 1.28. The van der Waals surface area contributed by atoms with Crippen molar-refractivity contribution < 1.29 is 14.7 Å². The molecule has 0 aromatic heterocycles. The van der Waals surface area contributed by atoms with Crippen molar-refractivity contribution in [2.75, 3.05) is 18.5 Å².